The van der Waals surface area contributed by atoms with Crippen molar-refractivity contribution < 1.29 is 4.39 Å². The minimum Gasteiger partial charge on any atom is -0.397 e. The van der Waals surface area contributed by atoms with E-state index in [1.807, 2.05) is 13.8 Å². The van der Waals surface area contributed by atoms with E-state index in [-0.39, 0.29) is 5.02 Å². The first-order chi connectivity index (χ1) is 8.45. The zero-order valence-electron chi connectivity index (χ0n) is 10.6. The minimum atomic E-state index is -0.494. The molecular formula is C13H15ClFN3. The number of aromatic nitrogens is 2. The van der Waals surface area contributed by atoms with Gasteiger partial charge in [-0.05, 0) is 31.9 Å². The normalized spacial score (nSPS) is 10.9. The Morgan fingerprint density at radius 1 is 1.39 bits per heavy atom. The van der Waals surface area contributed by atoms with Gasteiger partial charge in [0.05, 0.1) is 22.1 Å². The number of hydrogen-bond donors (Lipinski definition) is 1. The number of rotatable bonds is 2. The van der Waals surface area contributed by atoms with Crippen molar-refractivity contribution in [3.05, 3.63) is 39.9 Å². The monoisotopic (exact) mass is 267 g/mol. The number of nitrogens with zero attached hydrogens (tertiary/aromatic N) is 2. The second-order valence-corrected chi connectivity index (χ2v) is 4.65. The van der Waals surface area contributed by atoms with Gasteiger partial charge in [-0.15, -0.1) is 0 Å². The van der Waals surface area contributed by atoms with E-state index in [9.17, 15) is 4.39 Å². The van der Waals surface area contributed by atoms with E-state index < -0.39 is 5.82 Å². The average Bonchev–Trinajstić information content (AvgIpc) is 2.59. The minimum absolute atomic E-state index is 0.0218. The zero-order chi connectivity index (χ0) is 13.4. The molecule has 3 nitrogen and oxygen atoms in total. The van der Waals surface area contributed by atoms with Crippen LogP contribution in [0.15, 0.2) is 12.1 Å². The standard InChI is InChI=1S/C13H15ClFN3/c1-4-9-7(2)17-18(8(9)3)13-6-11(15)10(14)5-12(13)16/h5-6H,4,16H2,1-3H3. The van der Waals surface area contributed by atoms with Crippen LogP contribution in [-0.4, -0.2) is 9.78 Å². The molecule has 0 radical (unpaired) electrons. The summed E-state index contributed by atoms with van der Waals surface area (Å²) in [7, 11) is 0. The van der Waals surface area contributed by atoms with Gasteiger partial charge in [0, 0.05) is 11.8 Å². The average molecular weight is 268 g/mol. The van der Waals surface area contributed by atoms with Crippen LogP contribution in [0.1, 0.15) is 23.9 Å². The molecule has 0 atom stereocenters. The fourth-order valence-electron chi connectivity index (χ4n) is 2.16. The maximum absolute atomic E-state index is 13.5. The number of aryl methyl sites for hydroxylation is 1. The van der Waals surface area contributed by atoms with Crippen molar-refractivity contribution in [3.8, 4) is 5.69 Å². The summed E-state index contributed by atoms with van der Waals surface area (Å²) in [5, 5.41) is 4.43. The van der Waals surface area contributed by atoms with Crippen molar-refractivity contribution in [2.45, 2.75) is 27.2 Å². The van der Waals surface area contributed by atoms with E-state index >= 15 is 0 Å². The predicted octanol–water partition coefficient (Wildman–Crippen LogP) is 3.43. The Kier molecular flexibility index (Phi) is 3.30. The molecule has 96 valence electrons. The third-order valence-electron chi connectivity index (χ3n) is 3.09. The largest absolute Gasteiger partial charge is 0.397 e. The summed E-state index contributed by atoms with van der Waals surface area (Å²) in [5.74, 6) is -0.494. The van der Waals surface area contributed by atoms with Gasteiger partial charge in [0.15, 0.2) is 0 Å². The molecule has 5 heteroatoms. The SMILES string of the molecule is CCc1c(C)nn(-c2cc(F)c(Cl)cc2N)c1C. The van der Waals surface area contributed by atoms with Crippen LogP contribution in [0.5, 0.6) is 0 Å². The quantitative estimate of drug-likeness (QED) is 0.847. The van der Waals surface area contributed by atoms with E-state index in [2.05, 4.69) is 12.0 Å². The van der Waals surface area contributed by atoms with Crippen LogP contribution in [-0.2, 0) is 6.42 Å². The van der Waals surface area contributed by atoms with Crippen molar-refractivity contribution in [1.82, 2.24) is 9.78 Å². The second kappa shape index (κ2) is 4.61. The second-order valence-electron chi connectivity index (χ2n) is 4.24. The molecule has 0 amide bonds. The van der Waals surface area contributed by atoms with Gasteiger partial charge in [-0.3, -0.25) is 0 Å². The third kappa shape index (κ3) is 1.97. The van der Waals surface area contributed by atoms with Crippen LogP contribution in [0.2, 0.25) is 5.02 Å². The highest BCUT2D eigenvalue weighted by molar-refractivity contribution is 6.31. The van der Waals surface area contributed by atoms with Crippen molar-refractivity contribution in [1.29, 1.82) is 0 Å². The van der Waals surface area contributed by atoms with Gasteiger partial charge in [0.1, 0.15) is 5.82 Å². The molecule has 0 aliphatic heterocycles. The molecule has 0 fully saturated rings. The molecule has 0 spiro atoms. The van der Waals surface area contributed by atoms with Gasteiger partial charge in [-0.25, -0.2) is 9.07 Å². The molecule has 1 heterocycles. The Morgan fingerprint density at radius 3 is 2.61 bits per heavy atom. The van der Waals surface area contributed by atoms with Crippen LogP contribution in [0.3, 0.4) is 0 Å². The molecule has 0 aliphatic rings. The molecule has 0 bridgehead atoms. The van der Waals surface area contributed by atoms with Gasteiger partial charge in [-0.2, -0.15) is 5.10 Å². The highest BCUT2D eigenvalue weighted by Crippen LogP contribution is 2.27. The summed E-state index contributed by atoms with van der Waals surface area (Å²) in [6.45, 7) is 5.95. The Hall–Kier alpha value is -1.55. The Balaban J connectivity index is 2.66. The highest BCUT2D eigenvalue weighted by Gasteiger charge is 2.15. The number of halogens is 2. The topological polar surface area (TPSA) is 43.8 Å². The molecule has 18 heavy (non-hydrogen) atoms. The number of hydrogen-bond acceptors (Lipinski definition) is 2. The van der Waals surface area contributed by atoms with E-state index in [4.69, 9.17) is 17.3 Å². The van der Waals surface area contributed by atoms with Crippen molar-refractivity contribution in [2.75, 3.05) is 5.73 Å². The van der Waals surface area contributed by atoms with Gasteiger partial charge >= 0.3 is 0 Å². The smallest absolute Gasteiger partial charge is 0.144 e. The van der Waals surface area contributed by atoms with Gasteiger partial charge in [-0.1, -0.05) is 18.5 Å². The van der Waals surface area contributed by atoms with Crippen molar-refractivity contribution in [2.24, 2.45) is 0 Å². The fraction of sp³-hybridized carbons (Fsp3) is 0.308. The number of nitrogen functional groups attached to an aromatic ring is 1. The van der Waals surface area contributed by atoms with Crippen LogP contribution >= 0.6 is 11.6 Å². The molecule has 0 unspecified atom stereocenters. The zero-order valence-corrected chi connectivity index (χ0v) is 11.3. The summed E-state index contributed by atoms with van der Waals surface area (Å²) < 4.78 is 15.2. The lowest BCUT2D eigenvalue weighted by molar-refractivity contribution is 0.625. The molecule has 2 rings (SSSR count). The Bertz CT molecular complexity index is 605. The van der Waals surface area contributed by atoms with Crippen LogP contribution < -0.4 is 5.73 Å². The summed E-state index contributed by atoms with van der Waals surface area (Å²) >= 11 is 5.69. The Labute approximate surface area is 110 Å². The maximum atomic E-state index is 13.5. The fourth-order valence-corrected chi connectivity index (χ4v) is 2.33. The van der Waals surface area contributed by atoms with E-state index in [0.29, 0.717) is 11.4 Å². The number of anilines is 1. The summed E-state index contributed by atoms with van der Waals surface area (Å²) in [6, 6.07) is 2.73. The maximum Gasteiger partial charge on any atom is 0.144 e. The number of benzene rings is 1. The molecule has 2 aromatic rings. The summed E-state index contributed by atoms with van der Waals surface area (Å²) in [6.07, 6.45) is 0.883. The lowest BCUT2D eigenvalue weighted by atomic mass is 10.1. The lowest BCUT2D eigenvalue weighted by Crippen LogP contribution is -2.04. The highest BCUT2D eigenvalue weighted by atomic mass is 35.5. The van der Waals surface area contributed by atoms with Gasteiger partial charge < -0.3 is 5.73 Å². The lowest BCUT2D eigenvalue weighted by Gasteiger charge is -2.09. The van der Waals surface area contributed by atoms with Crippen molar-refractivity contribution >= 4 is 17.3 Å². The molecule has 0 saturated carbocycles. The first kappa shape index (κ1) is 12.9. The summed E-state index contributed by atoms with van der Waals surface area (Å²) in [5.41, 5.74) is 9.88. The molecule has 1 aromatic heterocycles. The molecular weight excluding hydrogens is 253 g/mol. The van der Waals surface area contributed by atoms with Crippen LogP contribution in [0.4, 0.5) is 10.1 Å². The first-order valence-corrected chi connectivity index (χ1v) is 6.13. The molecule has 0 saturated heterocycles. The Morgan fingerprint density at radius 2 is 2.06 bits per heavy atom. The van der Waals surface area contributed by atoms with Crippen LogP contribution in [0.25, 0.3) is 5.69 Å². The van der Waals surface area contributed by atoms with E-state index in [1.165, 1.54) is 12.1 Å². The van der Waals surface area contributed by atoms with Crippen molar-refractivity contribution in [3.63, 3.8) is 0 Å². The van der Waals surface area contributed by atoms with E-state index in [0.717, 1.165) is 23.4 Å². The molecule has 2 N–H and O–H groups in total. The third-order valence-corrected chi connectivity index (χ3v) is 3.38. The number of nitrogens with two attached hydrogens (primary N) is 1. The summed E-state index contributed by atoms with van der Waals surface area (Å²) in [4.78, 5) is 0. The first-order valence-electron chi connectivity index (χ1n) is 5.75. The van der Waals surface area contributed by atoms with Gasteiger partial charge in [0.2, 0.25) is 0 Å². The van der Waals surface area contributed by atoms with E-state index in [1.54, 1.807) is 4.68 Å². The molecule has 1 aromatic carbocycles. The molecule has 0 aliphatic carbocycles. The van der Waals surface area contributed by atoms with Crippen LogP contribution in [0, 0.1) is 19.7 Å². The predicted molar refractivity (Wildman–Crippen MR) is 71.8 cm³/mol. The van der Waals surface area contributed by atoms with Gasteiger partial charge in [0.25, 0.3) is 0 Å².